The third kappa shape index (κ3) is 6.00. The summed E-state index contributed by atoms with van der Waals surface area (Å²) in [5.41, 5.74) is 6.77. The van der Waals surface area contributed by atoms with E-state index in [1.54, 1.807) is 24.3 Å². The molecule has 0 radical (unpaired) electrons. The molecule has 0 amide bonds. The first kappa shape index (κ1) is 26.0. The maximum atomic E-state index is 14.1. The summed E-state index contributed by atoms with van der Waals surface area (Å²) in [4.78, 5) is -0.610. The van der Waals surface area contributed by atoms with E-state index in [1.807, 2.05) is 0 Å². The van der Waals surface area contributed by atoms with Gasteiger partial charge >= 0.3 is 0 Å². The van der Waals surface area contributed by atoms with Crippen LogP contribution in [0.4, 0.5) is 15.8 Å². The minimum absolute atomic E-state index is 0.00719. The van der Waals surface area contributed by atoms with E-state index in [-0.39, 0.29) is 22.9 Å². The van der Waals surface area contributed by atoms with Gasteiger partial charge in [0.25, 0.3) is 10.0 Å². The van der Waals surface area contributed by atoms with Gasteiger partial charge < -0.3 is 20.9 Å². The van der Waals surface area contributed by atoms with Gasteiger partial charge in [0.05, 0.1) is 22.3 Å². The molecule has 4 rings (SSSR count). The lowest BCUT2D eigenvalue weighted by Crippen LogP contribution is -2.26. The smallest absolute Gasteiger partial charge is 0.264 e. The highest BCUT2D eigenvalue weighted by atomic mass is 35.5. The molecule has 0 aliphatic carbocycles. The first-order chi connectivity index (χ1) is 17.1. The Morgan fingerprint density at radius 1 is 1.14 bits per heavy atom. The highest BCUT2D eigenvalue weighted by molar-refractivity contribution is 7.92. The van der Waals surface area contributed by atoms with Gasteiger partial charge in [0.2, 0.25) is 0 Å². The number of halogens is 3. The van der Waals surface area contributed by atoms with Crippen LogP contribution in [0.3, 0.4) is 0 Å². The number of aliphatic hydroxyl groups excluding tert-OH is 1. The van der Waals surface area contributed by atoms with E-state index in [0.717, 1.165) is 17.5 Å². The van der Waals surface area contributed by atoms with Gasteiger partial charge in [-0.3, -0.25) is 9.82 Å². The summed E-state index contributed by atoms with van der Waals surface area (Å²) >= 11 is 12.1. The summed E-state index contributed by atoms with van der Waals surface area (Å²) in [7, 11) is -4.31. The number of fused-ring (bicyclic) bond motifs is 1. The second-order valence-corrected chi connectivity index (χ2v) is 10.3. The molecule has 9 nitrogen and oxygen atoms in total. The Morgan fingerprint density at radius 2 is 1.94 bits per heavy atom. The predicted octanol–water partition coefficient (Wildman–Crippen LogP) is 4.09. The molecule has 1 heterocycles. The van der Waals surface area contributed by atoms with Crippen molar-refractivity contribution in [1.82, 2.24) is 15.5 Å². The monoisotopic (exact) mass is 553 g/mol. The number of hydrogen-bond acceptors (Lipinski definition) is 7. The minimum atomic E-state index is -4.31. The van der Waals surface area contributed by atoms with Gasteiger partial charge in [-0.2, -0.15) is 5.10 Å². The highest BCUT2D eigenvalue weighted by Crippen LogP contribution is 2.29. The van der Waals surface area contributed by atoms with E-state index < -0.39 is 26.8 Å². The quantitative estimate of drug-likeness (QED) is 0.147. The molecule has 6 N–H and O–H groups in total. The summed E-state index contributed by atoms with van der Waals surface area (Å²) < 4.78 is 47.4. The molecule has 0 aliphatic rings. The van der Waals surface area contributed by atoms with Crippen LogP contribution in [-0.2, 0) is 10.0 Å². The summed E-state index contributed by atoms with van der Waals surface area (Å²) in [6, 6.07) is 13.0. The van der Waals surface area contributed by atoms with Crippen LogP contribution in [-0.4, -0.2) is 43.4 Å². The topological polar surface area (TPSA) is 142 Å². The Hall–Kier alpha value is -3.09. The third-order valence-electron chi connectivity index (χ3n) is 5.23. The molecular weight excluding hydrogens is 532 g/mol. The van der Waals surface area contributed by atoms with Crippen LogP contribution in [0.5, 0.6) is 5.75 Å². The van der Waals surface area contributed by atoms with Crippen LogP contribution in [0, 0.1) is 5.82 Å². The normalized spacial score (nSPS) is 12.6. The molecule has 4 aromatic rings. The van der Waals surface area contributed by atoms with Crippen molar-refractivity contribution in [3.63, 3.8) is 0 Å². The third-order valence-corrected chi connectivity index (χ3v) is 7.23. The van der Waals surface area contributed by atoms with Gasteiger partial charge in [0.1, 0.15) is 28.2 Å². The van der Waals surface area contributed by atoms with Crippen LogP contribution in [0.2, 0.25) is 10.2 Å². The number of aliphatic hydroxyl groups is 1. The van der Waals surface area contributed by atoms with Crippen molar-refractivity contribution in [2.75, 3.05) is 30.2 Å². The average molecular weight is 554 g/mol. The summed E-state index contributed by atoms with van der Waals surface area (Å²) in [5, 5.41) is 21.7. The number of nitrogen functional groups attached to an aromatic ring is 1. The molecule has 0 saturated carbocycles. The average Bonchev–Trinajstić information content (AvgIpc) is 3.21. The largest absolute Gasteiger partial charge is 0.492 e. The molecule has 36 heavy (non-hydrogen) atoms. The van der Waals surface area contributed by atoms with Crippen LogP contribution in [0.15, 0.2) is 59.5 Å². The second-order valence-electron chi connectivity index (χ2n) is 7.82. The Morgan fingerprint density at radius 3 is 2.75 bits per heavy atom. The standard InChI is InChI=1S/C23H22Cl2FN5O4S/c24-17-5-1-13(9-20(17)31-36(33,34)22-10-14(27)2-6-18(22)26)21(32)12-28-7-8-35-15-3-4-16-19(11-15)29-30-23(16)25/h1-6,9-11,21,28,31-32H,7-8,12,27H2,(H,29,30). The summed E-state index contributed by atoms with van der Waals surface area (Å²) in [5.74, 6) is -0.331. The van der Waals surface area contributed by atoms with Crippen molar-refractivity contribution < 1.29 is 22.7 Å². The number of benzene rings is 3. The molecule has 1 atom stereocenters. The highest BCUT2D eigenvalue weighted by Gasteiger charge is 2.21. The fourth-order valence-electron chi connectivity index (χ4n) is 3.40. The van der Waals surface area contributed by atoms with Crippen molar-refractivity contribution in [2.24, 2.45) is 0 Å². The molecular formula is C23H22Cl2FN5O4S. The molecule has 190 valence electrons. The number of aromatic nitrogens is 2. The van der Waals surface area contributed by atoms with Crippen molar-refractivity contribution in [1.29, 1.82) is 0 Å². The number of aromatic amines is 1. The number of nitrogens with one attached hydrogen (secondary N) is 3. The van der Waals surface area contributed by atoms with E-state index >= 15 is 0 Å². The number of sulfonamides is 1. The van der Waals surface area contributed by atoms with Crippen molar-refractivity contribution in [3.05, 3.63) is 76.2 Å². The number of hydrogen-bond donors (Lipinski definition) is 5. The Kier molecular flexibility index (Phi) is 7.86. The SMILES string of the molecule is Nc1ccc(F)c(S(=O)(=O)Nc2cc(C(O)CNCCOc3ccc4c(Cl)[nH]nc4c3)ccc2Cl)c1. The zero-order valence-corrected chi connectivity index (χ0v) is 21.0. The number of nitrogens with two attached hydrogens (primary N) is 1. The molecule has 0 bridgehead atoms. The van der Waals surface area contributed by atoms with E-state index in [0.29, 0.717) is 35.1 Å². The maximum absolute atomic E-state index is 14.1. The van der Waals surface area contributed by atoms with Gasteiger partial charge in [-0.15, -0.1) is 0 Å². The molecule has 0 fully saturated rings. The molecule has 13 heteroatoms. The number of nitrogens with zero attached hydrogens (tertiary/aromatic N) is 1. The Labute approximate surface area is 216 Å². The molecule has 1 unspecified atom stereocenters. The predicted molar refractivity (Wildman–Crippen MR) is 138 cm³/mol. The van der Waals surface area contributed by atoms with Crippen LogP contribution in [0.25, 0.3) is 10.9 Å². The Bertz CT molecular complexity index is 1500. The Balaban J connectivity index is 1.33. The van der Waals surface area contributed by atoms with E-state index in [1.165, 1.54) is 18.2 Å². The van der Waals surface area contributed by atoms with Crippen molar-refractivity contribution in [3.8, 4) is 5.75 Å². The summed E-state index contributed by atoms with van der Waals surface area (Å²) in [6.07, 6.45) is -0.975. The molecule has 3 aromatic carbocycles. The van der Waals surface area contributed by atoms with Gasteiger partial charge in [0, 0.05) is 30.2 Å². The summed E-state index contributed by atoms with van der Waals surface area (Å²) in [6.45, 7) is 0.918. The lowest BCUT2D eigenvalue weighted by Gasteiger charge is -2.16. The zero-order valence-electron chi connectivity index (χ0n) is 18.6. The van der Waals surface area contributed by atoms with Crippen molar-refractivity contribution >= 4 is 55.5 Å². The second kappa shape index (κ2) is 10.9. The molecule has 0 aliphatic heterocycles. The van der Waals surface area contributed by atoms with Crippen LogP contribution >= 0.6 is 23.2 Å². The van der Waals surface area contributed by atoms with Crippen molar-refractivity contribution in [2.45, 2.75) is 11.0 Å². The van der Waals surface area contributed by atoms with Gasteiger partial charge in [-0.25, -0.2) is 12.8 Å². The molecule has 0 saturated heterocycles. The van der Waals surface area contributed by atoms with E-state index in [9.17, 15) is 17.9 Å². The fourth-order valence-corrected chi connectivity index (χ4v) is 5.01. The van der Waals surface area contributed by atoms with Crippen LogP contribution < -0.4 is 20.5 Å². The van der Waals surface area contributed by atoms with E-state index in [2.05, 4.69) is 20.2 Å². The lowest BCUT2D eigenvalue weighted by molar-refractivity contribution is 0.172. The first-order valence-electron chi connectivity index (χ1n) is 10.7. The van der Waals surface area contributed by atoms with Gasteiger partial charge in [-0.1, -0.05) is 29.3 Å². The van der Waals surface area contributed by atoms with Crippen LogP contribution in [0.1, 0.15) is 11.7 Å². The molecule has 0 spiro atoms. The molecule has 1 aromatic heterocycles. The van der Waals surface area contributed by atoms with Gasteiger partial charge in [0.15, 0.2) is 0 Å². The van der Waals surface area contributed by atoms with Gasteiger partial charge in [-0.05, 0) is 48.0 Å². The zero-order chi connectivity index (χ0) is 25.9. The fraction of sp³-hybridized carbons (Fsp3) is 0.174. The maximum Gasteiger partial charge on any atom is 0.264 e. The van der Waals surface area contributed by atoms with E-state index in [4.69, 9.17) is 33.7 Å². The number of ether oxygens (including phenoxy) is 1. The first-order valence-corrected chi connectivity index (χ1v) is 12.9. The minimum Gasteiger partial charge on any atom is -0.492 e. The number of anilines is 2. The lowest BCUT2D eigenvalue weighted by atomic mass is 10.1. The number of H-pyrrole nitrogens is 1. The number of rotatable bonds is 10.